The predicted octanol–water partition coefficient (Wildman–Crippen LogP) is 5.14. The average molecular weight is 442 g/mol. The Morgan fingerprint density at radius 2 is 1.81 bits per heavy atom. The molecule has 0 saturated heterocycles. The molecule has 4 rings (SSSR count). The lowest BCUT2D eigenvalue weighted by Crippen LogP contribution is -2.44. The first-order chi connectivity index (χ1) is 15.6. The maximum atomic E-state index is 13.3. The molecule has 3 atom stereocenters. The summed E-state index contributed by atoms with van der Waals surface area (Å²) < 4.78 is 2.17. The van der Waals surface area contributed by atoms with E-state index in [1.165, 1.54) is 77.0 Å². The molecule has 2 aliphatic carbocycles. The van der Waals surface area contributed by atoms with Crippen LogP contribution < -0.4 is 5.73 Å². The van der Waals surface area contributed by atoms with Gasteiger partial charge in [-0.1, -0.05) is 64.2 Å². The predicted molar refractivity (Wildman–Crippen MR) is 129 cm³/mol. The number of hydrogen-bond acceptors (Lipinski definition) is 4. The third-order valence-electron chi connectivity index (χ3n) is 8.42. The molecule has 0 bridgehead atoms. The molecule has 6 nitrogen and oxygen atoms in total. The molecule has 178 valence electrons. The molecule has 1 amide bonds. The third kappa shape index (κ3) is 5.74. The van der Waals surface area contributed by atoms with Gasteiger partial charge in [0.25, 0.3) is 5.91 Å². The van der Waals surface area contributed by atoms with Crippen molar-refractivity contribution in [2.75, 3.05) is 7.05 Å². The van der Waals surface area contributed by atoms with Crippen molar-refractivity contribution in [1.82, 2.24) is 14.5 Å². The number of carbonyl (C=O) groups is 1. The second-order valence-corrected chi connectivity index (χ2v) is 10.8. The second-order valence-electron chi connectivity index (χ2n) is 10.8. The molecule has 0 spiro atoms. The Kier molecular flexibility index (Phi) is 7.90. The summed E-state index contributed by atoms with van der Waals surface area (Å²) >= 11 is 0. The van der Waals surface area contributed by atoms with Gasteiger partial charge >= 0.3 is 0 Å². The molecule has 1 aliphatic heterocycles. The number of aliphatic imine (C=N–C) groups is 1. The first kappa shape index (κ1) is 23.3. The van der Waals surface area contributed by atoms with E-state index < -0.39 is 5.54 Å². The second kappa shape index (κ2) is 10.8. The van der Waals surface area contributed by atoms with Crippen molar-refractivity contribution >= 4 is 11.9 Å². The van der Waals surface area contributed by atoms with Gasteiger partial charge in [0.05, 0.1) is 6.33 Å². The van der Waals surface area contributed by atoms with Crippen molar-refractivity contribution in [3.8, 4) is 0 Å². The molecule has 2 heterocycles. The molecule has 2 fully saturated rings. The fraction of sp³-hybridized carbons (Fsp3) is 0.808. The summed E-state index contributed by atoms with van der Waals surface area (Å²) in [4.78, 5) is 23.9. The molecular weight excluding hydrogens is 398 g/mol. The molecule has 0 aromatic carbocycles. The Hall–Kier alpha value is -1.85. The zero-order valence-electron chi connectivity index (χ0n) is 20.1. The van der Waals surface area contributed by atoms with E-state index >= 15 is 0 Å². The lowest BCUT2D eigenvalue weighted by Gasteiger charge is -2.35. The van der Waals surface area contributed by atoms with Gasteiger partial charge in [0.2, 0.25) is 0 Å². The standard InChI is InChI=1S/C26H43N5O/c1-30-24(32)26(29-25(30)27,14-13-21-8-3-2-4-9-21)19-23-12-7-11-22(18-23)10-5-6-16-31-17-15-28-20-31/h15,17,20-23H,2-14,16,18-19H2,1H3,(H2,27,29)/t22-,23+,26-/m1/s1. The minimum Gasteiger partial charge on any atom is -0.369 e. The molecule has 1 aromatic rings. The van der Waals surface area contributed by atoms with Crippen molar-refractivity contribution < 1.29 is 4.79 Å². The summed E-state index contributed by atoms with van der Waals surface area (Å²) in [6, 6.07) is 0. The number of likely N-dealkylation sites (N-methyl/N-ethyl adjacent to an activating group) is 1. The average Bonchev–Trinajstić information content (AvgIpc) is 3.40. The molecule has 1 aromatic heterocycles. The van der Waals surface area contributed by atoms with E-state index in [2.05, 4.69) is 9.55 Å². The van der Waals surface area contributed by atoms with Gasteiger partial charge in [-0.25, -0.2) is 9.98 Å². The highest BCUT2D eigenvalue weighted by Gasteiger charge is 2.47. The van der Waals surface area contributed by atoms with Crippen molar-refractivity contribution in [1.29, 1.82) is 0 Å². The molecule has 0 radical (unpaired) electrons. The van der Waals surface area contributed by atoms with Crippen molar-refractivity contribution in [3.63, 3.8) is 0 Å². The van der Waals surface area contributed by atoms with E-state index in [0.29, 0.717) is 11.9 Å². The van der Waals surface area contributed by atoms with Crippen LogP contribution in [0.2, 0.25) is 0 Å². The highest BCUT2D eigenvalue weighted by Crippen LogP contribution is 2.42. The van der Waals surface area contributed by atoms with Crippen LogP contribution in [0, 0.1) is 17.8 Å². The summed E-state index contributed by atoms with van der Waals surface area (Å²) in [6.45, 7) is 1.06. The lowest BCUT2D eigenvalue weighted by atomic mass is 9.72. The van der Waals surface area contributed by atoms with Crippen LogP contribution in [-0.4, -0.2) is 38.9 Å². The fourth-order valence-electron chi connectivity index (χ4n) is 6.55. The number of carbonyl (C=O) groups excluding carboxylic acids is 1. The van der Waals surface area contributed by atoms with Gasteiger partial charge in [0.15, 0.2) is 5.96 Å². The minimum absolute atomic E-state index is 0.147. The van der Waals surface area contributed by atoms with Crippen LogP contribution in [0.5, 0.6) is 0 Å². The van der Waals surface area contributed by atoms with E-state index in [4.69, 9.17) is 10.7 Å². The number of nitrogens with two attached hydrogens (primary N) is 1. The molecule has 3 aliphatic rings. The van der Waals surface area contributed by atoms with Gasteiger partial charge in [-0.05, 0) is 49.9 Å². The highest BCUT2D eigenvalue weighted by atomic mass is 16.2. The topological polar surface area (TPSA) is 76.5 Å². The van der Waals surface area contributed by atoms with Crippen LogP contribution in [0.25, 0.3) is 0 Å². The number of aromatic nitrogens is 2. The monoisotopic (exact) mass is 441 g/mol. The number of rotatable bonds is 10. The summed E-state index contributed by atoms with van der Waals surface area (Å²) in [5, 5.41) is 0. The van der Waals surface area contributed by atoms with Gasteiger partial charge in [-0.15, -0.1) is 0 Å². The third-order valence-corrected chi connectivity index (χ3v) is 8.42. The Balaban J connectivity index is 1.31. The van der Waals surface area contributed by atoms with E-state index in [9.17, 15) is 4.79 Å². The summed E-state index contributed by atoms with van der Waals surface area (Å²) in [5.74, 6) is 2.73. The number of guanidine groups is 1. The van der Waals surface area contributed by atoms with Crippen molar-refractivity contribution in [2.45, 2.75) is 108 Å². The van der Waals surface area contributed by atoms with Crippen LogP contribution in [0.4, 0.5) is 0 Å². The number of aryl methyl sites for hydroxylation is 1. The SMILES string of the molecule is CN1C(=O)[C@@](CCC2CCCCC2)(C[C@H]2CCC[C@@H](CCCCn3ccnc3)C2)N=C1N. The van der Waals surface area contributed by atoms with Gasteiger partial charge in [-0.2, -0.15) is 0 Å². The van der Waals surface area contributed by atoms with E-state index in [1.54, 1.807) is 11.9 Å². The Morgan fingerprint density at radius 1 is 1.03 bits per heavy atom. The van der Waals surface area contributed by atoms with Crippen molar-refractivity contribution in [3.05, 3.63) is 18.7 Å². The first-order valence-corrected chi connectivity index (χ1v) is 13.1. The minimum atomic E-state index is -0.593. The maximum absolute atomic E-state index is 13.3. The highest BCUT2D eigenvalue weighted by molar-refractivity contribution is 6.06. The molecule has 32 heavy (non-hydrogen) atoms. The molecule has 6 heteroatoms. The van der Waals surface area contributed by atoms with Crippen LogP contribution in [0.1, 0.15) is 96.3 Å². The maximum Gasteiger partial charge on any atom is 0.257 e. The largest absolute Gasteiger partial charge is 0.369 e. The van der Waals surface area contributed by atoms with Gasteiger partial charge < -0.3 is 10.3 Å². The fourth-order valence-corrected chi connectivity index (χ4v) is 6.55. The van der Waals surface area contributed by atoms with Crippen LogP contribution >= 0.6 is 0 Å². The Morgan fingerprint density at radius 3 is 2.53 bits per heavy atom. The van der Waals surface area contributed by atoms with E-state index in [1.807, 2.05) is 18.7 Å². The smallest absolute Gasteiger partial charge is 0.257 e. The van der Waals surface area contributed by atoms with Gasteiger partial charge in [-0.3, -0.25) is 9.69 Å². The van der Waals surface area contributed by atoms with Crippen LogP contribution in [-0.2, 0) is 11.3 Å². The van der Waals surface area contributed by atoms with E-state index in [-0.39, 0.29) is 5.91 Å². The lowest BCUT2D eigenvalue weighted by molar-refractivity contribution is -0.131. The first-order valence-electron chi connectivity index (χ1n) is 13.1. The zero-order chi connectivity index (χ0) is 22.4. The quantitative estimate of drug-likeness (QED) is 0.511. The number of imidazole rings is 1. The molecule has 2 saturated carbocycles. The molecule has 2 N–H and O–H groups in total. The number of unbranched alkanes of at least 4 members (excludes halogenated alkanes) is 1. The number of hydrogen-bond donors (Lipinski definition) is 1. The zero-order valence-corrected chi connectivity index (χ0v) is 20.1. The Labute approximate surface area is 194 Å². The number of amides is 1. The van der Waals surface area contributed by atoms with Crippen LogP contribution in [0.15, 0.2) is 23.7 Å². The van der Waals surface area contributed by atoms with Gasteiger partial charge in [0.1, 0.15) is 5.54 Å². The van der Waals surface area contributed by atoms with E-state index in [0.717, 1.165) is 37.6 Å². The summed E-state index contributed by atoms with van der Waals surface area (Å²) in [7, 11) is 1.80. The summed E-state index contributed by atoms with van der Waals surface area (Å²) in [6.07, 6.45) is 24.4. The summed E-state index contributed by atoms with van der Waals surface area (Å²) in [5.41, 5.74) is 5.56. The van der Waals surface area contributed by atoms with Crippen LogP contribution in [0.3, 0.4) is 0 Å². The molecular formula is C26H43N5O. The van der Waals surface area contributed by atoms with Crippen molar-refractivity contribution in [2.24, 2.45) is 28.5 Å². The Bertz CT molecular complexity index is 754. The molecule has 0 unspecified atom stereocenters. The number of nitrogens with zero attached hydrogens (tertiary/aromatic N) is 4. The van der Waals surface area contributed by atoms with Gasteiger partial charge in [0, 0.05) is 26.0 Å². The normalized spacial score (nSPS) is 29.5.